The van der Waals surface area contributed by atoms with Crippen LogP contribution in [0.15, 0.2) is 114 Å². The van der Waals surface area contributed by atoms with Gasteiger partial charge in [-0.3, -0.25) is 13.9 Å². The molecule has 0 spiro atoms. The van der Waals surface area contributed by atoms with Gasteiger partial charge >= 0.3 is 0 Å². The average molecular weight is 636 g/mol. The highest BCUT2D eigenvalue weighted by Gasteiger charge is 2.35. The monoisotopic (exact) mass is 635 g/mol. The number of para-hydroxylation sites is 1. The Kier molecular flexibility index (Phi) is 11.5. The molecule has 0 radical (unpaired) electrons. The lowest BCUT2D eigenvalue weighted by atomic mass is 10.0. The van der Waals surface area contributed by atoms with E-state index in [9.17, 15) is 18.0 Å². The molecule has 4 rings (SSSR count). The molecule has 1 N–H and O–H groups in total. The molecule has 10 heteroatoms. The number of hydrogen-bond acceptors (Lipinski definition) is 4. The van der Waals surface area contributed by atoms with Crippen LogP contribution in [0.3, 0.4) is 0 Å². The summed E-state index contributed by atoms with van der Waals surface area (Å²) in [6.07, 6.45) is 1.78. The zero-order valence-electron chi connectivity index (χ0n) is 24.4. The first-order valence-electron chi connectivity index (χ1n) is 14.4. The van der Waals surface area contributed by atoms with Crippen LogP contribution in [0.25, 0.3) is 0 Å². The van der Waals surface area contributed by atoms with E-state index < -0.39 is 34.3 Å². The summed E-state index contributed by atoms with van der Waals surface area (Å²) >= 11 is 6.50. The molecule has 0 saturated carbocycles. The minimum Gasteiger partial charge on any atom is -0.354 e. The van der Waals surface area contributed by atoms with Gasteiger partial charge in [-0.15, -0.1) is 0 Å². The highest BCUT2D eigenvalue weighted by atomic mass is 35.5. The van der Waals surface area contributed by atoms with Crippen LogP contribution in [0.1, 0.15) is 30.9 Å². The van der Waals surface area contributed by atoms with Gasteiger partial charge in [0.2, 0.25) is 11.8 Å². The van der Waals surface area contributed by atoms with E-state index >= 15 is 4.39 Å². The van der Waals surface area contributed by atoms with E-state index in [1.165, 1.54) is 35.2 Å². The first kappa shape index (κ1) is 32.7. The molecule has 2 amide bonds. The number of unbranched alkanes of at least 4 members (excludes halogenated alkanes) is 1. The van der Waals surface area contributed by atoms with Crippen molar-refractivity contribution >= 4 is 39.1 Å². The van der Waals surface area contributed by atoms with Crippen LogP contribution >= 0.6 is 11.6 Å². The van der Waals surface area contributed by atoms with Gasteiger partial charge in [-0.05, 0) is 47.9 Å². The van der Waals surface area contributed by atoms with Crippen LogP contribution in [0, 0.1) is 5.82 Å². The summed E-state index contributed by atoms with van der Waals surface area (Å²) in [5, 5.41) is 3.32. The predicted octanol–water partition coefficient (Wildman–Crippen LogP) is 6.23. The maximum Gasteiger partial charge on any atom is 0.264 e. The summed E-state index contributed by atoms with van der Waals surface area (Å²) in [6, 6.07) is 28.1. The van der Waals surface area contributed by atoms with Crippen LogP contribution in [0.2, 0.25) is 5.02 Å². The first-order valence-corrected chi connectivity index (χ1v) is 16.2. The van der Waals surface area contributed by atoms with Gasteiger partial charge in [-0.1, -0.05) is 104 Å². The minimum atomic E-state index is -4.39. The van der Waals surface area contributed by atoms with Gasteiger partial charge in [0.1, 0.15) is 18.4 Å². The molecule has 7 nitrogen and oxygen atoms in total. The largest absolute Gasteiger partial charge is 0.354 e. The molecule has 0 unspecified atom stereocenters. The summed E-state index contributed by atoms with van der Waals surface area (Å²) in [6.45, 7) is 1.59. The number of carbonyl (C=O) groups excluding carboxylic acids is 2. The lowest BCUT2D eigenvalue weighted by Crippen LogP contribution is -2.53. The van der Waals surface area contributed by atoms with Crippen LogP contribution in [0.5, 0.6) is 0 Å². The fourth-order valence-electron chi connectivity index (χ4n) is 4.76. The van der Waals surface area contributed by atoms with E-state index in [1.54, 1.807) is 42.5 Å². The van der Waals surface area contributed by atoms with Crippen molar-refractivity contribution in [2.75, 3.05) is 17.4 Å². The Hall–Kier alpha value is -4.21. The molecule has 0 saturated heterocycles. The Morgan fingerprint density at radius 2 is 1.48 bits per heavy atom. The van der Waals surface area contributed by atoms with Gasteiger partial charge in [0.15, 0.2) is 0 Å². The number of carbonyl (C=O) groups is 2. The van der Waals surface area contributed by atoms with E-state index in [1.807, 2.05) is 37.3 Å². The smallest absolute Gasteiger partial charge is 0.264 e. The lowest BCUT2D eigenvalue weighted by molar-refractivity contribution is -0.140. The summed E-state index contributed by atoms with van der Waals surface area (Å²) < 4.78 is 43.8. The molecule has 0 aliphatic carbocycles. The standard InChI is InChI=1S/C34H35ClFN3O4S/c1-2-3-22-37-34(41)32(23-26-14-6-4-7-15-26)38(24-27-16-10-11-19-29(27)35)33(40)25-39(31-21-13-12-20-30(31)36)44(42,43)28-17-8-5-9-18-28/h4-21,32H,2-3,22-25H2,1H3,(H,37,41)/t32-/m1/s1. The third kappa shape index (κ3) is 8.24. The summed E-state index contributed by atoms with van der Waals surface area (Å²) in [7, 11) is -4.39. The van der Waals surface area contributed by atoms with Crippen molar-refractivity contribution in [2.24, 2.45) is 0 Å². The Balaban J connectivity index is 1.80. The Morgan fingerprint density at radius 1 is 0.864 bits per heavy atom. The number of nitrogens with one attached hydrogen (secondary N) is 1. The molecule has 0 aliphatic heterocycles. The van der Waals surface area contributed by atoms with Crippen molar-refractivity contribution in [1.29, 1.82) is 0 Å². The van der Waals surface area contributed by atoms with Crippen molar-refractivity contribution in [2.45, 2.75) is 43.7 Å². The summed E-state index contributed by atoms with van der Waals surface area (Å²) in [4.78, 5) is 29.3. The molecule has 0 fully saturated rings. The Morgan fingerprint density at radius 3 is 2.14 bits per heavy atom. The summed E-state index contributed by atoms with van der Waals surface area (Å²) in [5.74, 6) is -1.89. The number of amides is 2. The third-order valence-electron chi connectivity index (χ3n) is 7.13. The number of sulfonamides is 1. The highest BCUT2D eigenvalue weighted by Crippen LogP contribution is 2.28. The highest BCUT2D eigenvalue weighted by molar-refractivity contribution is 7.92. The van der Waals surface area contributed by atoms with Crippen molar-refractivity contribution in [3.63, 3.8) is 0 Å². The second kappa shape index (κ2) is 15.5. The van der Waals surface area contributed by atoms with Gasteiger partial charge < -0.3 is 10.2 Å². The van der Waals surface area contributed by atoms with Crippen molar-refractivity contribution in [1.82, 2.24) is 10.2 Å². The number of halogens is 2. The minimum absolute atomic E-state index is 0.0757. The van der Waals surface area contributed by atoms with Gasteiger partial charge in [-0.2, -0.15) is 0 Å². The van der Waals surface area contributed by atoms with E-state index in [4.69, 9.17) is 11.6 Å². The second-order valence-electron chi connectivity index (χ2n) is 10.2. The molecule has 0 aromatic heterocycles. The number of anilines is 1. The SMILES string of the molecule is CCCCNC(=O)[C@@H](Cc1ccccc1)N(Cc1ccccc1Cl)C(=O)CN(c1ccccc1F)S(=O)(=O)c1ccccc1. The Bertz CT molecular complexity index is 1660. The number of hydrogen-bond donors (Lipinski definition) is 1. The zero-order valence-corrected chi connectivity index (χ0v) is 26.0. The quantitative estimate of drug-likeness (QED) is 0.166. The maximum atomic E-state index is 15.2. The fraction of sp³-hybridized carbons (Fsp3) is 0.235. The van der Waals surface area contributed by atoms with Crippen LogP contribution < -0.4 is 9.62 Å². The van der Waals surface area contributed by atoms with Crippen LogP contribution in [-0.4, -0.2) is 44.3 Å². The molecular formula is C34H35ClFN3O4S. The van der Waals surface area contributed by atoms with Gasteiger partial charge in [0.25, 0.3) is 10.0 Å². The molecule has 0 bridgehead atoms. The lowest BCUT2D eigenvalue weighted by Gasteiger charge is -2.34. The van der Waals surface area contributed by atoms with Crippen molar-refractivity contribution < 1.29 is 22.4 Å². The molecule has 0 heterocycles. The van der Waals surface area contributed by atoms with Crippen molar-refractivity contribution in [3.05, 3.63) is 131 Å². The van der Waals surface area contributed by atoms with E-state index in [0.29, 0.717) is 17.1 Å². The van der Waals surface area contributed by atoms with Crippen LogP contribution in [-0.2, 0) is 32.6 Å². The molecule has 4 aromatic rings. The zero-order chi connectivity index (χ0) is 31.5. The third-order valence-corrected chi connectivity index (χ3v) is 9.27. The Labute approximate surface area is 263 Å². The number of nitrogens with zero attached hydrogens (tertiary/aromatic N) is 2. The normalized spacial score (nSPS) is 11.9. The van der Waals surface area contributed by atoms with E-state index in [-0.39, 0.29) is 29.5 Å². The molecule has 1 atom stereocenters. The number of rotatable bonds is 14. The summed E-state index contributed by atoms with van der Waals surface area (Å²) in [5.41, 5.74) is 1.10. The fourth-order valence-corrected chi connectivity index (χ4v) is 6.40. The van der Waals surface area contributed by atoms with Crippen LogP contribution in [0.4, 0.5) is 10.1 Å². The molecule has 4 aromatic carbocycles. The van der Waals surface area contributed by atoms with E-state index in [2.05, 4.69) is 5.32 Å². The average Bonchev–Trinajstić information content (AvgIpc) is 3.03. The predicted molar refractivity (Wildman–Crippen MR) is 171 cm³/mol. The molecule has 230 valence electrons. The first-order chi connectivity index (χ1) is 21.2. The topological polar surface area (TPSA) is 86.8 Å². The molecular weight excluding hydrogens is 601 g/mol. The maximum absolute atomic E-state index is 15.2. The van der Waals surface area contributed by atoms with Gasteiger partial charge in [0, 0.05) is 24.5 Å². The van der Waals surface area contributed by atoms with Gasteiger partial charge in [-0.25, -0.2) is 12.8 Å². The number of benzene rings is 4. The van der Waals surface area contributed by atoms with Gasteiger partial charge in [0.05, 0.1) is 10.6 Å². The molecule has 44 heavy (non-hydrogen) atoms. The molecule has 0 aliphatic rings. The van der Waals surface area contributed by atoms with E-state index in [0.717, 1.165) is 28.8 Å². The second-order valence-corrected chi connectivity index (χ2v) is 12.5. The van der Waals surface area contributed by atoms with Crippen molar-refractivity contribution in [3.8, 4) is 0 Å².